The van der Waals surface area contributed by atoms with E-state index in [9.17, 15) is 0 Å². The SMILES string of the molecule is Cc1ccc(Cl)cc1N1CCN(c2ncnc3[nH]nc(Br)c23)C[C@H]1C. The summed E-state index contributed by atoms with van der Waals surface area (Å²) in [7, 11) is 0. The van der Waals surface area contributed by atoms with Crippen LogP contribution in [-0.4, -0.2) is 45.8 Å². The summed E-state index contributed by atoms with van der Waals surface area (Å²) in [6, 6.07) is 6.41. The molecule has 0 radical (unpaired) electrons. The second-order valence-corrected chi connectivity index (χ2v) is 7.54. The average molecular weight is 422 g/mol. The van der Waals surface area contributed by atoms with Gasteiger partial charge in [0.05, 0.1) is 5.39 Å². The Morgan fingerprint density at radius 2 is 2.12 bits per heavy atom. The molecule has 3 aromatic rings. The quantitative estimate of drug-likeness (QED) is 0.682. The molecule has 1 aliphatic rings. The maximum absolute atomic E-state index is 6.21. The van der Waals surface area contributed by atoms with Gasteiger partial charge in [0.2, 0.25) is 0 Å². The molecular formula is C17H18BrClN6. The fraction of sp³-hybridized carbons (Fsp3) is 0.353. The van der Waals surface area contributed by atoms with E-state index in [0.717, 1.165) is 46.1 Å². The normalized spacial score (nSPS) is 18.2. The van der Waals surface area contributed by atoms with E-state index in [2.05, 4.69) is 71.9 Å². The van der Waals surface area contributed by atoms with Gasteiger partial charge in [0.15, 0.2) is 5.65 Å². The van der Waals surface area contributed by atoms with E-state index in [4.69, 9.17) is 11.6 Å². The number of nitrogens with zero attached hydrogens (tertiary/aromatic N) is 5. The number of rotatable bonds is 2. The molecule has 0 spiro atoms. The molecule has 1 atom stereocenters. The number of anilines is 2. The van der Waals surface area contributed by atoms with Crippen LogP contribution in [0.25, 0.3) is 11.0 Å². The van der Waals surface area contributed by atoms with E-state index in [1.54, 1.807) is 6.33 Å². The van der Waals surface area contributed by atoms with E-state index in [0.29, 0.717) is 6.04 Å². The van der Waals surface area contributed by atoms with E-state index in [1.165, 1.54) is 11.3 Å². The van der Waals surface area contributed by atoms with Crippen molar-refractivity contribution in [1.29, 1.82) is 0 Å². The smallest absolute Gasteiger partial charge is 0.161 e. The number of halogens is 2. The van der Waals surface area contributed by atoms with Crippen LogP contribution < -0.4 is 9.80 Å². The molecule has 1 aromatic carbocycles. The zero-order valence-corrected chi connectivity index (χ0v) is 16.3. The molecule has 25 heavy (non-hydrogen) atoms. The summed E-state index contributed by atoms with van der Waals surface area (Å²) in [5.41, 5.74) is 3.20. The van der Waals surface area contributed by atoms with Crippen LogP contribution in [0, 0.1) is 6.92 Å². The monoisotopic (exact) mass is 420 g/mol. The lowest BCUT2D eigenvalue weighted by Gasteiger charge is -2.42. The Balaban J connectivity index is 1.63. The zero-order chi connectivity index (χ0) is 17.6. The van der Waals surface area contributed by atoms with Crippen LogP contribution in [0.15, 0.2) is 29.1 Å². The van der Waals surface area contributed by atoms with Gasteiger partial charge in [-0.2, -0.15) is 5.10 Å². The molecule has 0 aliphatic carbocycles. The number of piperazine rings is 1. The van der Waals surface area contributed by atoms with Crippen LogP contribution in [0.3, 0.4) is 0 Å². The van der Waals surface area contributed by atoms with Crippen molar-refractivity contribution in [3.05, 3.63) is 39.7 Å². The van der Waals surface area contributed by atoms with Gasteiger partial charge in [-0.3, -0.25) is 5.10 Å². The van der Waals surface area contributed by atoms with Crippen LogP contribution in [0.1, 0.15) is 12.5 Å². The van der Waals surface area contributed by atoms with Crippen LogP contribution >= 0.6 is 27.5 Å². The lowest BCUT2D eigenvalue weighted by molar-refractivity contribution is 0.547. The molecule has 0 bridgehead atoms. The molecule has 130 valence electrons. The lowest BCUT2D eigenvalue weighted by atomic mass is 10.1. The van der Waals surface area contributed by atoms with Crippen LogP contribution in [0.4, 0.5) is 11.5 Å². The van der Waals surface area contributed by atoms with Gasteiger partial charge >= 0.3 is 0 Å². The Labute approximate surface area is 159 Å². The Hall–Kier alpha value is -1.86. The average Bonchev–Trinajstić information content (AvgIpc) is 2.99. The highest BCUT2D eigenvalue weighted by atomic mass is 79.9. The molecule has 4 rings (SSSR count). The van der Waals surface area contributed by atoms with E-state index < -0.39 is 0 Å². The van der Waals surface area contributed by atoms with Crippen molar-refractivity contribution >= 4 is 50.1 Å². The van der Waals surface area contributed by atoms with Crippen molar-refractivity contribution in [2.75, 3.05) is 29.4 Å². The molecular weight excluding hydrogens is 404 g/mol. The maximum atomic E-state index is 6.21. The molecule has 0 saturated carbocycles. The predicted molar refractivity (Wildman–Crippen MR) is 105 cm³/mol. The van der Waals surface area contributed by atoms with E-state index in [-0.39, 0.29) is 0 Å². The number of fused-ring (bicyclic) bond motifs is 1. The highest BCUT2D eigenvalue weighted by Crippen LogP contribution is 2.32. The highest BCUT2D eigenvalue weighted by Gasteiger charge is 2.27. The van der Waals surface area contributed by atoms with Gasteiger partial charge < -0.3 is 9.80 Å². The second kappa shape index (κ2) is 6.46. The minimum absolute atomic E-state index is 0.335. The molecule has 8 heteroatoms. The first-order valence-electron chi connectivity index (χ1n) is 8.17. The van der Waals surface area contributed by atoms with Gasteiger partial charge in [0, 0.05) is 36.4 Å². The Morgan fingerprint density at radius 3 is 2.92 bits per heavy atom. The first-order chi connectivity index (χ1) is 12.0. The van der Waals surface area contributed by atoms with Gasteiger partial charge in [0.1, 0.15) is 16.7 Å². The number of hydrogen-bond donors (Lipinski definition) is 1. The maximum Gasteiger partial charge on any atom is 0.161 e. The molecule has 1 aliphatic heterocycles. The molecule has 1 fully saturated rings. The van der Waals surface area contributed by atoms with E-state index in [1.807, 2.05) is 6.07 Å². The predicted octanol–water partition coefficient (Wildman–Crippen LogP) is 3.79. The van der Waals surface area contributed by atoms with Crippen LogP contribution in [0.2, 0.25) is 5.02 Å². The number of hydrogen-bond acceptors (Lipinski definition) is 5. The van der Waals surface area contributed by atoms with Gasteiger partial charge in [0.25, 0.3) is 0 Å². The van der Waals surface area contributed by atoms with Crippen molar-refractivity contribution in [3.8, 4) is 0 Å². The molecule has 1 N–H and O–H groups in total. The third-order valence-electron chi connectivity index (χ3n) is 4.70. The largest absolute Gasteiger partial charge is 0.365 e. The first kappa shape index (κ1) is 16.6. The number of aromatic amines is 1. The van der Waals surface area contributed by atoms with Crippen molar-refractivity contribution in [3.63, 3.8) is 0 Å². The van der Waals surface area contributed by atoms with Crippen molar-refractivity contribution < 1.29 is 0 Å². The number of aromatic nitrogens is 4. The Bertz CT molecular complexity index is 927. The Kier molecular flexibility index (Phi) is 4.29. The standard InChI is InChI=1S/C17H18BrClN6/c1-10-3-4-12(19)7-13(10)25-6-5-24(8-11(25)2)17-14-15(18)22-23-16(14)20-9-21-17/h3-4,7,9,11H,5-6,8H2,1-2H3,(H,20,21,22,23)/t11-/m1/s1. The molecule has 0 unspecified atom stereocenters. The Morgan fingerprint density at radius 1 is 1.28 bits per heavy atom. The molecule has 1 saturated heterocycles. The van der Waals surface area contributed by atoms with Crippen molar-refractivity contribution in [2.45, 2.75) is 19.9 Å². The number of nitrogens with one attached hydrogen (secondary N) is 1. The summed E-state index contributed by atoms with van der Waals surface area (Å²) in [6.45, 7) is 7.01. The molecule has 2 aromatic heterocycles. The third-order valence-corrected chi connectivity index (χ3v) is 5.51. The zero-order valence-electron chi connectivity index (χ0n) is 14.0. The van der Waals surface area contributed by atoms with Crippen LogP contribution in [0.5, 0.6) is 0 Å². The summed E-state index contributed by atoms with van der Waals surface area (Å²) in [5, 5.41) is 8.82. The van der Waals surface area contributed by atoms with Gasteiger partial charge in [-0.05, 0) is 47.5 Å². The van der Waals surface area contributed by atoms with Gasteiger partial charge in [-0.15, -0.1) is 0 Å². The molecule has 3 heterocycles. The topological polar surface area (TPSA) is 60.9 Å². The van der Waals surface area contributed by atoms with Crippen molar-refractivity contribution in [1.82, 2.24) is 20.2 Å². The summed E-state index contributed by atoms with van der Waals surface area (Å²) in [4.78, 5) is 13.5. The summed E-state index contributed by atoms with van der Waals surface area (Å²) in [6.07, 6.45) is 1.58. The van der Waals surface area contributed by atoms with Crippen molar-refractivity contribution in [2.24, 2.45) is 0 Å². The molecule has 0 amide bonds. The highest BCUT2D eigenvalue weighted by molar-refractivity contribution is 9.10. The fourth-order valence-corrected chi connectivity index (χ4v) is 4.07. The summed E-state index contributed by atoms with van der Waals surface area (Å²) < 4.78 is 0.749. The van der Waals surface area contributed by atoms with E-state index >= 15 is 0 Å². The number of benzene rings is 1. The van der Waals surface area contributed by atoms with Crippen LogP contribution in [-0.2, 0) is 0 Å². The third kappa shape index (κ3) is 2.95. The molecule has 6 nitrogen and oxygen atoms in total. The first-order valence-corrected chi connectivity index (χ1v) is 9.34. The summed E-state index contributed by atoms with van der Waals surface area (Å²) in [5.74, 6) is 0.917. The summed E-state index contributed by atoms with van der Waals surface area (Å²) >= 11 is 9.70. The van der Waals surface area contributed by atoms with Gasteiger partial charge in [-0.1, -0.05) is 17.7 Å². The minimum Gasteiger partial charge on any atom is -0.365 e. The lowest BCUT2D eigenvalue weighted by Crippen LogP contribution is -2.52. The minimum atomic E-state index is 0.335. The fourth-order valence-electron chi connectivity index (χ4n) is 3.45. The number of aryl methyl sites for hydroxylation is 1. The number of H-pyrrole nitrogens is 1. The van der Waals surface area contributed by atoms with Gasteiger partial charge in [-0.25, -0.2) is 9.97 Å². The second-order valence-electron chi connectivity index (χ2n) is 6.35.